The first kappa shape index (κ1) is 15.8. The van der Waals surface area contributed by atoms with Crippen LogP contribution >= 0.6 is 0 Å². The van der Waals surface area contributed by atoms with Crippen LogP contribution in [0.1, 0.15) is 5.56 Å². The Morgan fingerprint density at radius 2 is 1.58 bits per heavy atom. The van der Waals surface area contributed by atoms with E-state index in [0.29, 0.717) is 10.8 Å². The highest BCUT2D eigenvalue weighted by atomic mass is 16.3. The zero-order valence-electron chi connectivity index (χ0n) is 13.7. The van der Waals surface area contributed by atoms with Gasteiger partial charge in [-0.15, -0.1) is 0 Å². The summed E-state index contributed by atoms with van der Waals surface area (Å²) in [5, 5.41) is 30.7. The fourth-order valence-corrected chi connectivity index (χ4v) is 3.49. The standard InChI is InChI=1S/C22H12N2O2/c23-10-15(11-24)20-18-3-1-2-17-16(8-9-19(21(17)18)22(20)26)14-6-4-13(12-25)5-7-14/h1-9,25H,12H2. The summed E-state index contributed by atoms with van der Waals surface area (Å²) in [6, 6.07) is 20.4. The lowest BCUT2D eigenvalue weighted by molar-refractivity contribution is 0.282. The third-order valence-electron chi connectivity index (χ3n) is 4.70. The van der Waals surface area contributed by atoms with Gasteiger partial charge in [-0.2, -0.15) is 10.5 Å². The summed E-state index contributed by atoms with van der Waals surface area (Å²) in [5.41, 5.74) is 2.31. The number of benzene rings is 3. The van der Waals surface area contributed by atoms with E-state index in [0.717, 1.165) is 27.5 Å². The van der Waals surface area contributed by atoms with Crippen LogP contribution in [0.15, 0.2) is 59.4 Å². The normalized spacial score (nSPS) is 10.7. The molecule has 0 radical (unpaired) electrons. The fourth-order valence-electron chi connectivity index (χ4n) is 3.49. The molecule has 122 valence electrons. The third kappa shape index (κ3) is 2.14. The van der Waals surface area contributed by atoms with Gasteiger partial charge < -0.3 is 5.11 Å². The van der Waals surface area contributed by atoms with Crippen LogP contribution in [0.3, 0.4) is 0 Å². The molecule has 0 aliphatic rings. The number of rotatable bonds is 2. The molecule has 0 aliphatic heterocycles. The molecule has 4 rings (SSSR count). The maximum Gasteiger partial charge on any atom is 0.196 e. The molecule has 0 saturated heterocycles. The number of aliphatic hydroxyl groups excluding tert-OH is 1. The second kappa shape index (κ2) is 5.97. The van der Waals surface area contributed by atoms with E-state index >= 15 is 0 Å². The van der Waals surface area contributed by atoms with E-state index in [1.54, 1.807) is 12.1 Å². The third-order valence-corrected chi connectivity index (χ3v) is 4.70. The first-order valence-corrected chi connectivity index (χ1v) is 8.05. The number of nitriles is 2. The van der Waals surface area contributed by atoms with E-state index in [2.05, 4.69) is 0 Å². The van der Waals surface area contributed by atoms with Gasteiger partial charge in [0, 0.05) is 10.8 Å². The molecule has 0 atom stereocenters. The molecule has 0 aromatic heterocycles. The van der Waals surface area contributed by atoms with Crippen molar-refractivity contribution in [3.8, 4) is 23.3 Å². The van der Waals surface area contributed by atoms with Gasteiger partial charge in [0.05, 0.1) is 11.8 Å². The van der Waals surface area contributed by atoms with Crippen LogP contribution in [0.4, 0.5) is 0 Å². The van der Waals surface area contributed by atoms with Gasteiger partial charge in [-0.3, -0.25) is 4.79 Å². The van der Waals surface area contributed by atoms with E-state index in [1.807, 2.05) is 54.6 Å². The molecule has 4 aromatic carbocycles. The fraction of sp³-hybridized carbons (Fsp3) is 0.0455. The molecule has 0 bridgehead atoms. The lowest BCUT2D eigenvalue weighted by atomic mass is 9.96. The van der Waals surface area contributed by atoms with Crippen molar-refractivity contribution in [2.75, 3.05) is 0 Å². The van der Waals surface area contributed by atoms with Crippen molar-refractivity contribution >= 4 is 27.1 Å². The van der Waals surface area contributed by atoms with Crippen LogP contribution < -0.4 is 10.6 Å². The topological polar surface area (TPSA) is 84.9 Å². The lowest BCUT2D eigenvalue weighted by Crippen LogP contribution is -2.21. The average molecular weight is 336 g/mol. The molecule has 4 heteroatoms. The van der Waals surface area contributed by atoms with Gasteiger partial charge in [0.2, 0.25) is 0 Å². The van der Waals surface area contributed by atoms with Crippen LogP contribution in [0.5, 0.6) is 0 Å². The van der Waals surface area contributed by atoms with Crippen LogP contribution in [0.2, 0.25) is 0 Å². The van der Waals surface area contributed by atoms with Gasteiger partial charge in [-0.1, -0.05) is 48.5 Å². The van der Waals surface area contributed by atoms with E-state index in [1.165, 1.54) is 0 Å². The van der Waals surface area contributed by atoms with Gasteiger partial charge >= 0.3 is 0 Å². The number of aliphatic hydroxyl groups is 1. The zero-order chi connectivity index (χ0) is 18.3. The molecule has 0 unspecified atom stereocenters. The summed E-state index contributed by atoms with van der Waals surface area (Å²) in [5.74, 6) is 0. The van der Waals surface area contributed by atoms with Gasteiger partial charge in [-0.25, -0.2) is 0 Å². The Hall–Kier alpha value is -3.73. The Bertz CT molecular complexity index is 1320. The molecule has 1 N–H and O–H groups in total. The van der Waals surface area contributed by atoms with E-state index in [-0.39, 0.29) is 22.8 Å². The quantitative estimate of drug-likeness (QED) is 0.610. The Labute approximate surface area is 148 Å². The second-order valence-corrected chi connectivity index (χ2v) is 6.05. The van der Waals surface area contributed by atoms with E-state index < -0.39 is 0 Å². The average Bonchev–Trinajstić information content (AvgIpc) is 2.98. The predicted molar refractivity (Wildman–Crippen MR) is 100 cm³/mol. The first-order valence-electron chi connectivity index (χ1n) is 8.05. The molecule has 0 aliphatic carbocycles. The minimum atomic E-state index is -0.281. The minimum Gasteiger partial charge on any atom is -0.392 e. The van der Waals surface area contributed by atoms with E-state index in [9.17, 15) is 20.4 Å². The molecule has 0 heterocycles. The van der Waals surface area contributed by atoms with Gasteiger partial charge in [0.25, 0.3) is 0 Å². The summed E-state index contributed by atoms with van der Waals surface area (Å²) >= 11 is 0. The number of nitrogens with zero attached hydrogens (tertiary/aromatic N) is 2. The predicted octanol–water partition coefficient (Wildman–Crippen LogP) is 2.87. The van der Waals surface area contributed by atoms with Crippen molar-refractivity contribution in [1.82, 2.24) is 0 Å². The maximum absolute atomic E-state index is 12.8. The van der Waals surface area contributed by atoms with Gasteiger partial charge in [-0.05, 0) is 33.5 Å². The van der Waals surface area contributed by atoms with Crippen LogP contribution in [-0.4, -0.2) is 5.11 Å². The van der Waals surface area contributed by atoms with Crippen molar-refractivity contribution in [1.29, 1.82) is 10.5 Å². The number of hydrogen-bond donors (Lipinski definition) is 1. The number of hydrogen-bond acceptors (Lipinski definition) is 4. The largest absolute Gasteiger partial charge is 0.392 e. The van der Waals surface area contributed by atoms with Gasteiger partial charge in [0.15, 0.2) is 5.43 Å². The van der Waals surface area contributed by atoms with Crippen LogP contribution in [0, 0.1) is 22.7 Å². The summed E-state index contributed by atoms with van der Waals surface area (Å²) in [4.78, 5) is 12.8. The molecule has 0 saturated carbocycles. The Balaban J connectivity index is 2.15. The van der Waals surface area contributed by atoms with Crippen molar-refractivity contribution < 1.29 is 5.11 Å². The smallest absolute Gasteiger partial charge is 0.196 e. The highest BCUT2D eigenvalue weighted by Crippen LogP contribution is 2.33. The summed E-state index contributed by atoms with van der Waals surface area (Å²) in [6.07, 6.45) is 0. The molecule has 4 aromatic rings. The zero-order valence-corrected chi connectivity index (χ0v) is 13.7. The molecule has 0 spiro atoms. The highest BCUT2D eigenvalue weighted by Gasteiger charge is 2.16. The molecule has 0 fully saturated rings. The summed E-state index contributed by atoms with van der Waals surface area (Å²) in [7, 11) is 0. The molecule has 0 amide bonds. The van der Waals surface area contributed by atoms with Crippen molar-refractivity contribution in [2.45, 2.75) is 6.61 Å². The molecule has 26 heavy (non-hydrogen) atoms. The molecule has 4 nitrogen and oxygen atoms in total. The van der Waals surface area contributed by atoms with Crippen LogP contribution in [-0.2, 0) is 6.61 Å². The molecular formula is C22H12N2O2. The van der Waals surface area contributed by atoms with Crippen molar-refractivity contribution in [3.05, 3.63) is 75.6 Å². The second-order valence-electron chi connectivity index (χ2n) is 6.05. The SMILES string of the molecule is N#CC(C#N)=c1c(=O)c2ccc(-c3ccc(CO)cc3)c3cccc1c32. The Morgan fingerprint density at radius 1 is 0.885 bits per heavy atom. The monoisotopic (exact) mass is 336 g/mol. The Morgan fingerprint density at radius 3 is 2.23 bits per heavy atom. The molecular weight excluding hydrogens is 324 g/mol. The van der Waals surface area contributed by atoms with E-state index in [4.69, 9.17) is 0 Å². The highest BCUT2D eigenvalue weighted by molar-refractivity contribution is 6.17. The lowest BCUT2D eigenvalue weighted by Gasteiger charge is -2.08. The maximum atomic E-state index is 12.8. The van der Waals surface area contributed by atoms with Gasteiger partial charge in [0.1, 0.15) is 17.7 Å². The summed E-state index contributed by atoms with van der Waals surface area (Å²) < 4.78 is 0. The van der Waals surface area contributed by atoms with Crippen molar-refractivity contribution in [2.24, 2.45) is 0 Å². The van der Waals surface area contributed by atoms with Crippen molar-refractivity contribution in [3.63, 3.8) is 0 Å². The first-order chi connectivity index (χ1) is 12.7. The Kier molecular flexibility index (Phi) is 3.62. The van der Waals surface area contributed by atoms with Crippen LogP contribution in [0.25, 0.3) is 38.2 Å². The summed E-state index contributed by atoms with van der Waals surface area (Å²) in [6.45, 7) is -0.0160. The minimum absolute atomic E-state index is 0.0160.